The molecule has 0 radical (unpaired) electrons. The summed E-state index contributed by atoms with van der Waals surface area (Å²) < 4.78 is 0.602. The smallest absolute Gasteiger partial charge is 0.336 e. The summed E-state index contributed by atoms with van der Waals surface area (Å²) in [4.78, 5) is 12.0. The number of benzene rings is 1. The topological polar surface area (TPSA) is 61.1 Å². The van der Waals surface area contributed by atoms with Gasteiger partial charge in [-0.05, 0) is 66.6 Å². The highest BCUT2D eigenvalue weighted by Gasteiger charge is 2.15. The monoisotopic (exact) mass is 355 g/mol. The van der Waals surface area contributed by atoms with Gasteiger partial charge in [-0.2, -0.15) is 5.26 Å². The highest BCUT2D eigenvalue weighted by atomic mass is 79.9. The van der Waals surface area contributed by atoms with Crippen LogP contribution in [0.5, 0.6) is 0 Å². The molecular weight excluding hydrogens is 338 g/mol. The highest BCUT2D eigenvalue weighted by molar-refractivity contribution is 9.10. The van der Waals surface area contributed by atoms with Gasteiger partial charge in [-0.3, -0.25) is 0 Å². The summed E-state index contributed by atoms with van der Waals surface area (Å²) in [5.41, 5.74) is 0.0410. The first kappa shape index (κ1) is 17.1. The van der Waals surface area contributed by atoms with Gasteiger partial charge in [0.05, 0.1) is 17.0 Å². The van der Waals surface area contributed by atoms with E-state index in [4.69, 9.17) is 10.4 Å². The van der Waals surface area contributed by atoms with E-state index in [2.05, 4.69) is 22.0 Å². The number of aromatic carboxylic acids is 1. The molecule has 0 atom stereocenters. The average Bonchev–Trinajstić information content (AvgIpc) is 2.39. The lowest BCUT2D eigenvalue weighted by molar-refractivity contribution is 0.0695. The maximum absolute atomic E-state index is 11.0. The van der Waals surface area contributed by atoms with Crippen molar-refractivity contribution in [1.29, 1.82) is 5.26 Å². The van der Waals surface area contributed by atoms with E-state index < -0.39 is 5.97 Å². The molecule has 0 aromatic heterocycles. The second-order valence-electron chi connectivity index (χ2n) is 5.25. The molecule has 0 fully saturated rings. The average molecular weight is 356 g/mol. The van der Waals surface area contributed by atoms with Gasteiger partial charge in [0.25, 0.3) is 0 Å². The fraction of sp³-hybridized carbons (Fsp3) is 0.467. The molecule has 1 rings (SSSR count). The van der Waals surface area contributed by atoms with Crippen LogP contribution in [0.25, 0.3) is 0 Å². The molecule has 20 heavy (non-hydrogen) atoms. The quantitative estimate of drug-likeness (QED) is 0.554. The lowest BCUT2D eigenvalue weighted by Crippen LogP contribution is -2.07. The lowest BCUT2D eigenvalue weighted by Gasteiger charge is -2.14. The fourth-order valence-corrected chi connectivity index (χ4v) is 3.04. The number of rotatable bonds is 7. The zero-order valence-corrected chi connectivity index (χ0v) is 14.1. The van der Waals surface area contributed by atoms with Gasteiger partial charge in [-0.1, -0.05) is 6.42 Å². The SMILES string of the molecule is CC(C)(C#N)CCCCSc1ccc(Br)c(C(=O)O)c1. The zero-order valence-electron chi connectivity index (χ0n) is 11.6. The van der Waals surface area contributed by atoms with Crippen LogP contribution in [0.1, 0.15) is 43.5 Å². The summed E-state index contributed by atoms with van der Waals surface area (Å²) in [6.45, 7) is 3.90. The van der Waals surface area contributed by atoms with Crippen molar-refractivity contribution < 1.29 is 9.90 Å². The van der Waals surface area contributed by atoms with Crippen LogP contribution in [0.4, 0.5) is 0 Å². The predicted molar refractivity (Wildman–Crippen MR) is 85.1 cm³/mol. The van der Waals surface area contributed by atoms with Gasteiger partial charge < -0.3 is 5.11 Å². The van der Waals surface area contributed by atoms with Crippen LogP contribution in [-0.2, 0) is 0 Å². The molecular formula is C15H18BrNO2S. The first-order valence-electron chi connectivity index (χ1n) is 6.42. The van der Waals surface area contributed by atoms with Crippen LogP contribution in [0.3, 0.4) is 0 Å². The number of halogens is 1. The van der Waals surface area contributed by atoms with E-state index in [1.54, 1.807) is 23.9 Å². The number of nitrogens with zero attached hydrogens (tertiary/aromatic N) is 1. The maximum Gasteiger partial charge on any atom is 0.336 e. The molecule has 1 N–H and O–H groups in total. The van der Waals surface area contributed by atoms with E-state index in [1.807, 2.05) is 19.9 Å². The van der Waals surface area contributed by atoms with E-state index in [0.717, 1.165) is 29.9 Å². The summed E-state index contributed by atoms with van der Waals surface area (Å²) in [5, 5.41) is 18.0. The Labute approximate surface area is 132 Å². The molecule has 1 aromatic rings. The number of hydrogen-bond acceptors (Lipinski definition) is 3. The Morgan fingerprint density at radius 1 is 1.45 bits per heavy atom. The Bertz CT molecular complexity index is 523. The zero-order chi connectivity index (χ0) is 15.2. The Morgan fingerprint density at radius 2 is 2.15 bits per heavy atom. The summed E-state index contributed by atoms with van der Waals surface area (Å²) in [6.07, 6.45) is 2.93. The van der Waals surface area contributed by atoms with E-state index >= 15 is 0 Å². The molecule has 0 unspecified atom stereocenters. The van der Waals surface area contributed by atoms with Crippen molar-refractivity contribution in [3.8, 4) is 6.07 Å². The summed E-state index contributed by atoms with van der Waals surface area (Å²) in [5.74, 6) is 0.0115. The minimum Gasteiger partial charge on any atom is -0.478 e. The second kappa shape index (κ2) is 7.70. The number of carboxylic acid groups (broad SMARTS) is 1. The largest absolute Gasteiger partial charge is 0.478 e. The lowest BCUT2D eigenvalue weighted by atomic mass is 9.89. The Kier molecular flexibility index (Phi) is 6.57. The van der Waals surface area contributed by atoms with Crippen LogP contribution in [0, 0.1) is 16.7 Å². The fourth-order valence-electron chi connectivity index (χ4n) is 1.67. The Hall–Kier alpha value is -0.990. The van der Waals surface area contributed by atoms with Crippen LogP contribution in [-0.4, -0.2) is 16.8 Å². The van der Waals surface area contributed by atoms with Gasteiger partial charge >= 0.3 is 5.97 Å². The Balaban J connectivity index is 2.42. The van der Waals surface area contributed by atoms with E-state index in [-0.39, 0.29) is 5.41 Å². The molecule has 5 heteroatoms. The molecule has 0 aliphatic carbocycles. The van der Waals surface area contributed by atoms with Crippen molar-refractivity contribution >= 4 is 33.7 Å². The molecule has 0 amide bonds. The van der Waals surface area contributed by atoms with Crippen LogP contribution < -0.4 is 0 Å². The minimum atomic E-state index is -0.921. The molecule has 0 aliphatic heterocycles. The molecule has 108 valence electrons. The summed E-state index contributed by atoms with van der Waals surface area (Å²) in [7, 11) is 0. The van der Waals surface area contributed by atoms with E-state index in [9.17, 15) is 4.79 Å². The van der Waals surface area contributed by atoms with Gasteiger partial charge in [0.1, 0.15) is 0 Å². The van der Waals surface area contributed by atoms with Crippen LogP contribution in [0.2, 0.25) is 0 Å². The molecule has 0 bridgehead atoms. The van der Waals surface area contributed by atoms with Crippen molar-refractivity contribution in [3.05, 3.63) is 28.2 Å². The molecule has 0 heterocycles. The van der Waals surface area contributed by atoms with Crippen molar-refractivity contribution in [2.24, 2.45) is 5.41 Å². The maximum atomic E-state index is 11.0. The van der Waals surface area contributed by atoms with Gasteiger partial charge in [-0.15, -0.1) is 11.8 Å². The molecule has 0 saturated carbocycles. The third kappa shape index (κ3) is 5.56. The van der Waals surface area contributed by atoms with Crippen LogP contribution >= 0.6 is 27.7 Å². The van der Waals surface area contributed by atoms with Crippen molar-refractivity contribution in [2.75, 3.05) is 5.75 Å². The standard InChI is InChI=1S/C15H18BrNO2S/c1-15(2,10-17)7-3-4-8-20-11-5-6-13(16)12(9-11)14(18)19/h5-6,9H,3-4,7-8H2,1-2H3,(H,18,19). The second-order valence-corrected chi connectivity index (χ2v) is 7.27. The molecule has 0 spiro atoms. The van der Waals surface area contributed by atoms with E-state index in [1.165, 1.54) is 0 Å². The minimum absolute atomic E-state index is 0.251. The van der Waals surface area contributed by atoms with E-state index in [0.29, 0.717) is 10.0 Å². The number of unbranched alkanes of at least 4 members (excludes halogenated alkanes) is 1. The van der Waals surface area contributed by atoms with Gasteiger partial charge in [0.15, 0.2) is 0 Å². The number of carbonyl (C=O) groups is 1. The molecule has 0 aliphatic rings. The van der Waals surface area contributed by atoms with Crippen molar-refractivity contribution in [3.63, 3.8) is 0 Å². The van der Waals surface area contributed by atoms with Gasteiger partial charge in [0, 0.05) is 9.37 Å². The summed E-state index contributed by atoms with van der Waals surface area (Å²) in [6, 6.07) is 7.68. The highest BCUT2D eigenvalue weighted by Crippen LogP contribution is 2.27. The first-order valence-corrected chi connectivity index (χ1v) is 8.20. The number of carboxylic acids is 1. The Morgan fingerprint density at radius 3 is 2.75 bits per heavy atom. The third-order valence-corrected chi connectivity index (χ3v) is 4.71. The molecule has 1 aromatic carbocycles. The number of hydrogen-bond donors (Lipinski definition) is 1. The van der Waals surface area contributed by atoms with Crippen LogP contribution in [0.15, 0.2) is 27.6 Å². The predicted octanol–water partition coefficient (Wildman–Crippen LogP) is 4.96. The first-order chi connectivity index (χ1) is 9.35. The van der Waals surface area contributed by atoms with Crippen molar-refractivity contribution in [1.82, 2.24) is 0 Å². The third-order valence-electron chi connectivity index (χ3n) is 2.94. The van der Waals surface area contributed by atoms with Gasteiger partial charge in [0.2, 0.25) is 0 Å². The van der Waals surface area contributed by atoms with Gasteiger partial charge in [-0.25, -0.2) is 4.79 Å². The molecule has 3 nitrogen and oxygen atoms in total. The normalized spacial score (nSPS) is 11.1. The van der Waals surface area contributed by atoms with Crippen molar-refractivity contribution in [2.45, 2.75) is 38.0 Å². The summed E-state index contributed by atoms with van der Waals surface area (Å²) >= 11 is 4.88. The number of nitriles is 1. The number of thioether (sulfide) groups is 1. The molecule has 0 saturated heterocycles.